The molecule has 3 aromatic rings. The van der Waals surface area contributed by atoms with E-state index in [-0.39, 0.29) is 19.0 Å². The van der Waals surface area contributed by atoms with Crippen LogP contribution in [-0.2, 0) is 9.53 Å². The highest BCUT2D eigenvalue weighted by molar-refractivity contribution is 6.09. The van der Waals surface area contributed by atoms with Crippen LogP contribution in [-0.4, -0.2) is 18.5 Å². The number of esters is 2. The Morgan fingerprint density at radius 2 is 1.80 bits per heavy atom. The summed E-state index contributed by atoms with van der Waals surface area (Å²) >= 11 is 0. The third kappa shape index (κ3) is 3.40. The average molecular weight is 338 g/mol. The smallest absolute Gasteiger partial charge is 0.342 e. The van der Waals surface area contributed by atoms with E-state index in [9.17, 15) is 9.59 Å². The lowest BCUT2D eigenvalue weighted by Gasteiger charge is -2.04. The summed E-state index contributed by atoms with van der Waals surface area (Å²) in [6, 6.07) is 14.3. The molecule has 0 aliphatic carbocycles. The minimum atomic E-state index is -0.473. The molecule has 1 aromatic heterocycles. The van der Waals surface area contributed by atoms with Gasteiger partial charge in [0.15, 0.2) is 0 Å². The summed E-state index contributed by atoms with van der Waals surface area (Å²) in [5, 5.41) is 0.554. The Bertz CT molecular complexity index is 908. The van der Waals surface area contributed by atoms with E-state index in [2.05, 4.69) is 0 Å². The zero-order valence-corrected chi connectivity index (χ0v) is 14.1. The molecular weight excluding hydrogens is 320 g/mol. The van der Waals surface area contributed by atoms with E-state index in [1.54, 1.807) is 32.0 Å². The number of ether oxygens (including phenoxy) is 2. The second kappa shape index (κ2) is 7.21. The summed E-state index contributed by atoms with van der Waals surface area (Å²) < 4.78 is 16.3. The minimum Gasteiger partial charge on any atom is -0.462 e. The number of fused-ring (bicyclic) bond motifs is 1. The molecule has 0 fully saturated rings. The molecule has 25 heavy (non-hydrogen) atoms. The van der Waals surface area contributed by atoms with Crippen molar-refractivity contribution in [1.29, 1.82) is 0 Å². The van der Waals surface area contributed by atoms with Crippen LogP contribution in [0, 0.1) is 0 Å². The maximum atomic E-state index is 12.5. The summed E-state index contributed by atoms with van der Waals surface area (Å²) in [4.78, 5) is 24.0. The molecule has 0 saturated heterocycles. The lowest BCUT2D eigenvalue weighted by molar-refractivity contribution is -0.134. The van der Waals surface area contributed by atoms with Crippen LogP contribution < -0.4 is 4.74 Å². The fraction of sp³-hybridized carbons (Fsp3) is 0.200. The zero-order chi connectivity index (χ0) is 17.8. The van der Waals surface area contributed by atoms with Crippen LogP contribution >= 0.6 is 0 Å². The van der Waals surface area contributed by atoms with Gasteiger partial charge in [-0.25, -0.2) is 4.79 Å². The Morgan fingerprint density at radius 3 is 2.48 bits per heavy atom. The quantitative estimate of drug-likeness (QED) is 0.503. The van der Waals surface area contributed by atoms with Gasteiger partial charge in [-0.05, 0) is 25.1 Å². The highest BCUT2D eigenvalue weighted by atomic mass is 16.5. The van der Waals surface area contributed by atoms with Crippen LogP contribution in [0.5, 0.6) is 5.75 Å². The Labute approximate surface area is 145 Å². The Morgan fingerprint density at radius 1 is 1.04 bits per heavy atom. The van der Waals surface area contributed by atoms with Gasteiger partial charge in [-0.15, -0.1) is 0 Å². The number of rotatable bonds is 5. The molecule has 0 N–H and O–H groups in total. The van der Waals surface area contributed by atoms with E-state index in [0.717, 1.165) is 5.56 Å². The molecule has 3 rings (SSSR count). The number of carbonyl (C=O) groups excluding carboxylic acids is 2. The predicted molar refractivity (Wildman–Crippen MR) is 93.5 cm³/mol. The molecule has 0 amide bonds. The predicted octanol–water partition coefficient (Wildman–Crippen LogP) is 4.59. The second-order valence-electron chi connectivity index (χ2n) is 5.38. The van der Waals surface area contributed by atoms with Gasteiger partial charge >= 0.3 is 11.9 Å². The molecular formula is C20H18O5. The second-order valence-corrected chi connectivity index (χ2v) is 5.38. The normalized spacial score (nSPS) is 10.6. The van der Waals surface area contributed by atoms with Crippen molar-refractivity contribution in [2.75, 3.05) is 6.61 Å². The molecule has 0 aliphatic rings. The first kappa shape index (κ1) is 16.8. The Hall–Kier alpha value is -3.08. The largest absolute Gasteiger partial charge is 0.462 e. The maximum Gasteiger partial charge on any atom is 0.342 e. The average Bonchev–Trinajstić information content (AvgIpc) is 3.01. The van der Waals surface area contributed by atoms with E-state index < -0.39 is 5.97 Å². The number of benzene rings is 2. The molecule has 0 saturated carbocycles. The van der Waals surface area contributed by atoms with Crippen molar-refractivity contribution >= 4 is 22.9 Å². The summed E-state index contributed by atoms with van der Waals surface area (Å²) in [5.41, 5.74) is 1.63. The van der Waals surface area contributed by atoms with Gasteiger partial charge in [-0.2, -0.15) is 0 Å². The van der Waals surface area contributed by atoms with Crippen LogP contribution in [0.4, 0.5) is 0 Å². The van der Waals surface area contributed by atoms with Gasteiger partial charge in [0.25, 0.3) is 0 Å². The van der Waals surface area contributed by atoms with Crippen molar-refractivity contribution in [2.24, 2.45) is 0 Å². The lowest BCUT2D eigenvalue weighted by atomic mass is 10.1. The molecule has 0 atom stereocenters. The molecule has 5 heteroatoms. The summed E-state index contributed by atoms with van der Waals surface area (Å²) in [6.45, 7) is 3.72. The number of carbonyl (C=O) groups is 2. The fourth-order valence-corrected chi connectivity index (χ4v) is 2.54. The summed E-state index contributed by atoms with van der Waals surface area (Å²) in [6.07, 6.45) is 0.267. The van der Waals surface area contributed by atoms with E-state index in [0.29, 0.717) is 28.0 Å². The van der Waals surface area contributed by atoms with Gasteiger partial charge in [0.1, 0.15) is 22.7 Å². The van der Waals surface area contributed by atoms with Crippen molar-refractivity contribution in [3.05, 3.63) is 54.1 Å². The van der Waals surface area contributed by atoms with Gasteiger partial charge in [0, 0.05) is 17.4 Å². The Balaban J connectivity index is 2.17. The molecule has 1 heterocycles. The van der Waals surface area contributed by atoms with E-state index in [4.69, 9.17) is 13.9 Å². The van der Waals surface area contributed by atoms with Crippen LogP contribution in [0.2, 0.25) is 0 Å². The van der Waals surface area contributed by atoms with E-state index >= 15 is 0 Å². The third-order valence-electron chi connectivity index (χ3n) is 3.70. The van der Waals surface area contributed by atoms with Crippen molar-refractivity contribution < 1.29 is 23.5 Å². The lowest BCUT2D eigenvalue weighted by Crippen LogP contribution is -2.06. The molecule has 0 bridgehead atoms. The fourth-order valence-electron chi connectivity index (χ4n) is 2.54. The number of furan rings is 1. The van der Waals surface area contributed by atoms with Gasteiger partial charge in [0.05, 0.1) is 6.61 Å². The van der Waals surface area contributed by atoms with Gasteiger partial charge in [-0.1, -0.05) is 37.3 Å². The molecule has 2 aromatic carbocycles. The summed E-state index contributed by atoms with van der Waals surface area (Å²) in [7, 11) is 0. The topological polar surface area (TPSA) is 65.7 Å². The van der Waals surface area contributed by atoms with Crippen LogP contribution in [0.3, 0.4) is 0 Å². The molecule has 128 valence electrons. The van der Waals surface area contributed by atoms with Crippen molar-refractivity contribution in [2.45, 2.75) is 20.3 Å². The number of hydrogen-bond acceptors (Lipinski definition) is 5. The molecule has 0 radical (unpaired) electrons. The van der Waals surface area contributed by atoms with Crippen LogP contribution in [0.1, 0.15) is 30.6 Å². The van der Waals surface area contributed by atoms with E-state index in [1.165, 1.54) is 0 Å². The highest BCUT2D eigenvalue weighted by Gasteiger charge is 2.23. The first-order valence-corrected chi connectivity index (χ1v) is 8.13. The van der Waals surface area contributed by atoms with Crippen LogP contribution in [0.15, 0.2) is 52.9 Å². The minimum absolute atomic E-state index is 0.254. The monoisotopic (exact) mass is 338 g/mol. The van der Waals surface area contributed by atoms with Crippen molar-refractivity contribution in [1.82, 2.24) is 0 Å². The van der Waals surface area contributed by atoms with Gasteiger partial charge in [-0.3, -0.25) is 4.79 Å². The van der Waals surface area contributed by atoms with Crippen LogP contribution in [0.25, 0.3) is 22.3 Å². The van der Waals surface area contributed by atoms with Crippen molar-refractivity contribution in [3.63, 3.8) is 0 Å². The van der Waals surface area contributed by atoms with Gasteiger partial charge < -0.3 is 13.9 Å². The number of hydrogen-bond donors (Lipinski definition) is 0. The van der Waals surface area contributed by atoms with E-state index in [1.807, 2.05) is 30.3 Å². The third-order valence-corrected chi connectivity index (χ3v) is 3.70. The highest BCUT2D eigenvalue weighted by Crippen LogP contribution is 2.36. The molecule has 0 aliphatic heterocycles. The Kier molecular flexibility index (Phi) is 4.84. The molecule has 0 unspecified atom stereocenters. The first-order chi connectivity index (χ1) is 12.1. The van der Waals surface area contributed by atoms with Gasteiger partial charge in [0.2, 0.25) is 0 Å². The summed E-state index contributed by atoms with van der Waals surface area (Å²) in [5.74, 6) is -0.0128. The molecule has 5 nitrogen and oxygen atoms in total. The maximum absolute atomic E-state index is 12.5. The standard InChI is InChI=1S/C20H18O5/c1-3-17(21)24-14-10-11-16-15(12-14)18(20(22)23-4-2)19(25-16)13-8-6-5-7-9-13/h5-12H,3-4H2,1-2H3. The van der Waals surface area contributed by atoms with Crippen molar-refractivity contribution in [3.8, 4) is 17.1 Å². The SMILES string of the molecule is CCOC(=O)c1c(-c2ccccc2)oc2ccc(OC(=O)CC)cc12. The molecule has 0 spiro atoms. The first-order valence-electron chi connectivity index (χ1n) is 8.13. The zero-order valence-electron chi connectivity index (χ0n) is 14.1.